The zero-order valence-electron chi connectivity index (χ0n) is 10.6. The van der Waals surface area contributed by atoms with Crippen molar-refractivity contribution in [3.05, 3.63) is 47.9 Å². The SMILES string of the molecule is Nc1ccc(F)c(C(=O)Nc2cnc3[nH+]c[nH]c3c2)c1F. The molecule has 2 aromatic heterocycles. The number of nitrogens with one attached hydrogen (secondary N) is 3. The van der Waals surface area contributed by atoms with E-state index in [1.807, 2.05) is 0 Å². The number of hydrogen-bond donors (Lipinski definition) is 3. The number of H-pyrrole nitrogens is 2. The Hall–Kier alpha value is -3.03. The molecule has 2 heterocycles. The van der Waals surface area contributed by atoms with Crippen LogP contribution in [0.3, 0.4) is 0 Å². The van der Waals surface area contributed by atoms with Crippen LogP contribution in [0.25, 0.3) is 11.2 Å². The van der Waals surface area contributed by atoms with Gasteiger partial charge in [0.2, 0.25) is 0 Å². The van der Waals surface area contributed by atoms with Gasteiger partial charge in [0.15, 0.2) is 17.7 Å². The van der Waals surface area contributed by atoms with Crippen molar-refractivity contribution in [1.82, 2.24) is 9.97 Å². The van der Waals surface area contributed by atoms with Crippen molar-refractivity contribution in [3.63, 3.8) is 0 Å². The lowest BCUT2D eigenvalue weighted by Crippen LogP contribution is -2.17. The van der Waals surface area contributed by atoms with Crippen molar-refractivity contribution >= 4 is 28.4 Å². The molecule has 0 radical (unpaired) electrons. The Bertz CT molecular complexity index is 846. The van der Waals surface area contributed by atoms with E-state index in [-0.39, 0.29) is 5.69 Å². The quantitative estimate of drug-likeness (QED) is 0.624. The van der Waals surface area contributed by atoms with Gasteiger partial charge < -0.3 is 11.1 Å². The summed E-state index contributed by atoms with van der Waals surface area (Å²) in [6.07, 6.45) is 2.94. The fraction of sp³-hybridized carbons (Fsp3) is 0. The number of anilines is 2. The van der Waals surface area contributed by atoms with E-state index in [9.17, 15) is 13.6 Å². The molecule has 1 aromatic carbocycles. The molecule has 0 aliphatic carbocycles. The maximum absolute atomic E-state index is 13.8. The van der Waals surface area contributed by atoms with Crippen LogP contribution < -0.4 is 16.0 Å². The van der Waals surface area contributed by atoms with E-state index in [4.69, 9.17) is 5.73 Å². The smallest absolute Gasteiger partial charge is 0.299 e. The van der Waals surface area contributed by atoms with Gasteiger partial charge in [-0.25, -0.2) is 13.8 Å². The molecule has 0 saturated heterocycles. The van der Waals surface area contributed by atoms with E-state index in [0.29, 0.717) is 16.9 Å². The molecule has 21 heavy (non-hydrogen) atoms. The lowest BCUT2D eigenvalue weighted by Gasteiger charge is -2.07. The number of nitrogens with zero attached hydrogens (tertiary/aromatic N) is 1. The highest BCUT2D eigenvalue weighted by molar-refractivity contribution is 6.05. The van der Waals surface area contributed by atoms with Crippen molar-refractivity contribution in [2.45, 2.75) is 0 Å². The summed E-state index contributed by atoms with van der Waals surface area (Å²) in [7, 11) is 0. The summed E-state index contributed by atoms with van der Waals surface area (Å²) in [6.45, 7) is 0. The highest BCUT2D eigenvalue weighted by Gasteiger charge is 2.20. The maximum atomic E-state index is 13.8. The minimum atomic E-state index is -1.09. The van der Waals surface area contributed by atoms with Crippen molar-refractivity contribution in [1.29, 1.82) is 0 Å². The van der Waals surface area contributed by atoms with Gasteiger partial charge in [-0.05, 0) is 12.1 Å². The summed E-state index contributed by atoms with van der Waals surface area (Å²) in [5.41, 5.74) is 5.84. The fourth-order valence-corrected chi connectivity index (χ4v) is 1.91. The first kappa shape index (κ1) is 13.0. The second kappa shape index (κ2) is 4.82. The van der Waals surface area contributed by atoms with Crippen molar-refractivity contribution in [3.8, 4) is 0 Å². The number of rotatable bonds is 2. The lowest BCUT2D eigenvalue weighted by molar-refractivity contribution is -0.347. The van der Waals surface area contributed by atoms with Crippen LogP contribution in [-0.4, -0.2) is 15.9 Å². The van der Waals surface area contributed by atoms with Gasteiger partial charge in [0, 0.05) is 6.07 Å². The number of amides is 1. The number of imidazole rings is 1. The predicted octanol–water partition coefficient (Wildman–Crippen LogP) is 1.49. The van der Waals surface area contributed by atoms with Gasteiger partial charge >= 0.3 is 0 Å². The molecule has 0 aliphatic heterocycles. The van der Waals surface area contributed by atoms with Crippen LogP contribution in [0.1, 0.15) is 10.4 Å². The molecule has 106 valence electrons. The standard InChI is InChI=1S/C13H9F2N5O/c14-7-1-2-8(16)11(15)10(7)13(21)20-6-3-9-12(17-4-6)19-5-18-9/h1-5H,16H2,(H,20,21)(H,17,18,19)/p+1. The molecule has 0 saturated carbocycles. The Morgan fingerprint density at radius 1 is 1.38 bits per heavy atom. The van der Waals surface area contributed by atoms with Crippen LogP contribution >= 0.6 is 0 Å². The van der Waals surface area contributed by atoms with E-state index in [1.165, 1.54) is 6.20 Å². The molecule has 0 atom stereocenters. The van der Waals surface area contributed by atoms with Gasteiger partial charge in [-0.2, -0.15) is 0 Å². The van der Waals surface area contributed by atoms with E-state index >= 15 is 0 Å². The van der Waals surface area contributed by atoms with Gasteiger partial charge in [-0.1, -0.05) is 0 Å². The van der Waals surface area contributed by atoms with Crippen molar-refractivity contribution in [2.24, 2.45) is 0 Å². The molecule has 0 unspecified atom stereocenters. The third-order valence-electron chi connectivity index (χ3n) is 2.93. The monoisotopic (exact) mass is 290 g/mol. The number of nitrogens with two attached hydrogens (primary N) is 1. The summed E-state index contributed by atoms with van der Waals surface area (Å²) in [5, 5.41) is 2.38. The molecular weight excluding hydrogens is 280 g/mol. The van der Waals surface area contributed by atoms with E-state index < -0.39 is 23.1 Å². The normalized spacial score (nSPS) is 10.8. The number of nitrogen functional groups attached to an aromatic ring is 1. The van der Waals surface area contributed by atoms with Crippen molar-refractivity contribution in [2.75, 3.05) is 11.1 Å². The second-order valence-electron chi connectivity index (χ2n) is 4.33. The third-order valence-corrected chi connectivity index (χ3v) is 2.93. The first-order chi connectivity index (χ1) is 10.1. The molecule has 0 aliphatic rings. The van der Waals surface area contributed by atoms with Crippen molar-refractivity contribution < 1.29 is 18.6 Å². The molecule has 0 fully saturated rings. The van der Waals surface area contributed by atoms with Crippen LogP contribution in [0.5, 0.6) is 0 Å². The first-order valence-corrected chi connectivity index (χ1v) is 5.96. The Kier molecular flexibility index (Phi) is 2.98. The molecule has 3 rings (SSSR count). The predicted molar refractivity (Wildman–Crippen MR) is 71.4 cm³/mol. The first-order valence-electron chi connectivity index (χ1n) is 5.96. The van der Waals surface area contributed by atoms with E-state index in [0.717, 1.165) is 12.1 Å². The molecule has 5 N–H and O–H groups in total. The van der Waals surface area contributed by atoms with Gasteiger partial charge in [0.25, 0.3) is 11.6 Å². The van der Waals surface area contributed by atoms with Crippen LogP contribution in [0.15, 0.2) is 30.7 Å². The van der Waals surface area contributed by atoms with Crippen LogP contribution in [0.4, 0.5) is 20.2 Å². The molecule has 0 spiro atoms. The number of carbonyl (C=O) groups excluding carboxylic acids is 1. The highest BCUT2D eigenvalue weighted by Crippen LogP contribution is 2.20. The summed E-state index contributed by atoms with van der Waals surface area (Å²) >= 11 is 0. The zero-order valence-corrected chi connectivity index (χ0v) is 10.6. The molecule has 6 nitrogen and oxygen atoms in total. The highest BCUT2D eigenvalue weighted by atomic mass is 19.1. The van der Waals surface area contributed by atoms with Gasteiger partial charge in [0.1, 0.15) is 17.6 Å². The topological polar surface area (TPSA) is 97.9 Å². The number of carbonyl (C=O) groups is 1. The van der Waals surface area contributed by atoms with Gasteiger partial charge in [-0.15, -0.1) is 4.98 Å². The fourth-order valence-electron chi connectivity index (χ4n) is 1.91. The van der Waals surface area contributed by atoms with Gasteiger partial charge in [-0.3, -0.25) is 9.78 Å². The summed E-state index contributed by atoms with van der Waals surface area (Å²) < 4.78 is 27.4. The number of fused-ring (bicyclic) bond motifs is 1. The van der Waals surface area contributed by atoms with Crippen LogP contribution in [0.2, 0.25) is 0 Å². The maximum Gasteiger partial charge on any atom is 0.299 e. The van der Waals surface area contributed by atoms with E-state index in [1.54, 1.807) is 12.4 Å². The van der Waals surface area contributed by atoms with Crippen LogP contribution in [0, 0.1) is 11.6 Å². The Labute approximate surface area is 117 Å². The summed E-state index contributed by atoms with van der Waals surface area (Å²) in [4.78, 5) is 21.7. The molecule has 3 aromatic rings. The molecule has 1 amide bonds. The summed E-state index contributed by atoms with van der Waals surface area (Å²) in [5.74, 6) is -3.01. The zero-order chi connectivity index (χ0) is 15.0. The minimum Gasteiger partial charge on any atom is -0.396 e. The molecule has 8 heteroatoms. The van der Waals surface area contributed by atoms with Crippen LogP contribution in [-0.2, 0) is 0 Å². The number of hydrogen-bond acceptors (Lipinski definition) is 3. The molecular formula is C13H10F2N5O+. The average Bonchev–Trinajstić information content (AvgIpc) is 2.91. The minimum absolute atomic E-state index is 0.296. The molecule has 0 bridgehead atoms. The second-order valence-corrected chi connectivity index (χ2v) is 4.33. The third kappa shape index (κ3) is 2.27. The Morgan fingerprint density at radius 3 is 3.00 bits per heavy atom. The number of benzene rings is 1. The van der Waals surface area contributed by atoms with E-state index in [2.05, 4.69) is 20.3 Å². The number of halogens is 2. The Morgan fingerprint density at radius 2 is 2.19 bits per heavy atom. The lowest BCUT2D eigenvalue weighted by atomic mass is 10.1. The summed E-state index contributed by atoms with van der Waals surface area (Å²) in [6, 6.07) is 3.58. The number of pyridine rings is 1. The number of aromatic nitrogens is 3. The van der Waals surface area contributed by atoms with Gasteiger partial charge in [0.05, 0.1) is 11.4 Å². The number of aromatic amines is 2. The Balaban J connectivity index is 1.94. The average molecular weight is 290 g/mol. The largest absolute Gasteiger partial charge is 0.396 e.